The Balaban J connectivity index is 1.97. The molecule has 7 heteroatoms. The predicted molar refractivity (Wildman–Crippen MR) is 62.8 cm³/mol. The van der Waals surface area contributed by atoms with Gasteiger partial charge in [0.1, 0.15) is 6.07 Å². The third kappa shape index (κ3) is 2.50. The molecule has 3 atom stereocenters. The van der Waals surface area contributed by atoms with Crippen molar-refractivity contribution in [2.45, 2.75) is 31.0 Å². The van der Waals surface area contributed by atoms with Gasteiger partial charge in [0.25, 0.3) is 0 Å². The van der Waals surface area contributed by atoms with Crippen LogP contribution in [0.15, 0.2) is 12.7 Å². The molecule has 2 bridgehead atoms. The summed E-state index contributed by atoms with van der Waals surface area (Å²) in [5.41, 5.74) is -1.40. The molecule has 1 aliphatic heterocycles. The van der Waals surface area contributed by atoms with Crippen LogP contribution in [0.3, 0.4) is 0 Å². The van der Waals surface area contributed by atoms with Crippen LogP contribution in [0, 0.1) is 17.2 Å². The minimum atomic E-state index is -1.40. The van der Waals surface area contributed by atoms with Crippen molar-refractivity contribution in [1.82, 2.24) is 0 Å². The average molecular weight is 279 g/mol. The van der Waals surface area contributed by atoms with Crippen molar-refractivity contribution in [2.75, 3.05) is 6.61 Å². The molecule has 1 aliphatic carbocycles. The van der Waals surface area contributed by atoms with Gasteiger partial charge in [-0.2, -0.15) is 5.26 Å². The first-order valence-electron chi connectivity index (χ1n) is 6.13. The molecule has 7 nitrogen and oxygen atoms in total. The molecule has 0 aromatic rings. The Labute approximate surface area is 115 Å². The third-order valence-corrected chi connectivity index (χ3v) is 3.43. The SMILES string of the molecule is C=CC(=O)OCC(=O)OC1CCC2CC1(C#N)OC2=O. The highest BCUT2D eigenvalue weighted by molar-refractivity contribution is 5.83. The van der Waals surface area contributed by atoms with Crippen molar-refractivity contribution in [2.24, 2.45) is 5.92 Å². The van der Waals surface area contributed by atoms with Crippen LogP contribution in [0.1, 0.15) is 19.3 Å². The lowest BCUT2D eigenvalue weighted by Crippen LogP contribution is -2.46. The Bertz CT molecular complexity index is 507. The number of carbonyl (C=O) groups is 3. The number of nitrogens with zero attached hydrogens (tertiary/aromatic N) is 1. The van der Waals surface area contributed by atoms with Crippen LogP contribution < -0.4 is 0 Å². The zero-order valence-electron chi connectivity index (χ0n) is 10.7. The maximum Gasteiger partial charge on any atom is 0.344 e. The molecule has 0 spiro atoms. The number of hydrogen-bond donors (Lipinski definition) is 0. The van der Waals surface area contributed by atoms with Crippen molar-refractivity contribution in [1.29, 1.82) is 5.26 Å². The number of fused-ring (bicyclic) bond motifs is 2. The lowest BCUT2D eigenvalue weighted by molar-refractivity contribution is -0.173. The lowest BCUT2D eigenvalue weighted by Gasteiger charge is -2.31. The van der Waals surface area contributed by atoms with E-state index in [0.29, 0.717) is 12.8 Å². The fourth-order valence-corrected chi connectivity index (χ4v) is 2.43. The van der Waals surface area contributed by atoms with Crippen molar-refractivity contribution in [3.63, 3.8) is 0 Å². The van der Waals surface area contributed by atoms with E-state index in [0.717, 1.165) is 6.08 Å². The summed E-state index contributed by atoms with van der Waals surface area (Å²) in [5, 5.41) is 9.21. The van der Waals surface area contributed by atoms with Crippen molar-refractivity contribution in [3.8, 4) is 6.07 Å². The van der Waals surface area contributed by atoms with Gasteiger partial charge in [-0.1, -0.05) is 6.58 Å². The van der Waals surface area contributed by atoms with Crippen molar-refractivity contribution in [3.05, 3.63) is 12.7 Å². The Hall–Kier alpha value is -2.36. The number of rotatable bonds is 4. The van der Waals surface area contributed by atoms with Crippen LogP contribution in [0.4, 0.5) is 0 Å². The molecule has 106 valence electrons. The van der Waals surface area contributed by atoms with Gasteiger partial charge in [0.15, 0.2) is 12.7 Å². The normalized spacial score (nSPS) is 30.9. The molecule has 0 radical (unpaired) electrons. The second kappa shape index (κ2) is 5.33. The van der Waals surface area contributed by atoms with Crippen LogP contribution in [0.5, 0.6) is 0 Å². The Kier molecular flexibility index (Phi) is 3.74. The van der Waals surface area contributed by atoms with Crippen molar-refractivity contribution >= 4 is 17.9 Å². The summed E-state index contributed by atoms with van der Waals surface area (Å²) in [6.07, 6.45) is 1.20. The molecular weight excluding hydrogens is 266 g/mol. The van der Waals surface area contributed by atoms with Gasteiger partial charge in [-0.25, -0.2) is 9.59 Å². The van der Waals surface area contributed by atoms with Crippen molar-refractivity contribution < 1.29 is 28.6 Å². The van der Waals surface area contributed by atoms with Gasteiger partial charge in [-0.05, 0) is 12.8 Å². The first-order valence-corrected chi connectivity index (χ1v) is 6.13. The highest BCUT2D eigenvalue weighted by Crippen LogP contribution is 2.43. The number of carbonyl (C=O) groups excluding carboxylic acids is 3. The average Bonchev–Trinajstić information content (AvgIpc) is 2.72. The molecule has 2 fully saturated rings. The van der Waals surface area contributed by atoms with E-state index >= 15 is 0 Å². The molecule has 0 aromatic carbocycles. The van der Waals surface area contributed by atoms with Crippen LogP contribution in [-0.2, 0) is 28.6 Å². The summed E-state index contributed by atoms with van der Waals surface area (Å²) in [7, 11) is 0. The number of esters is 3. The van der Waals surface area contributed by atoms with E-state index < -0.39 is 36.2 Å². The summed E-state index contributed by atoms with van der Waals surface area (Å²) in [5.74, 6) is -2.26. The van der Waals surface area contributed by atoms with E-state index in [1.807, 2.05) is 6.07 Å². The summed E-state index contributed by atoms with van der Waals surface area (Å²) < 4.78 is 14.7. The van der Waals surface area contributed by atoms with Gasteiger partial charge >= 0.3 is 17.9 Å². The fourth-order valence-electron chi connectivity index (χ4n) is 2.43. The summed E-state index contributed by atoms with van der Waals surface area (Å²) in [6, 6.07) is 1.93. The fraction of sp³-hybridized carbons (Fsp3) is 0.538. The molecule has 0 aromatic heterocycles. The van der Waals surface area contributed by atoms with E-state index in [-0.39, 0.29) is 12.3 Å². The molecule has 3 unspecified atom stereocenters. The van der Waals surface area contributed by atoms with Gasteiger partial charge in [-0.15, -0.1) is 0 Å². The molecule has 1 heterocycles. The number of hydrogen-bond acceptors (Lipinski definition) is 7. The second-order valence-electron chi connectivity index (χ2n) is 4.69. The minimum Gasteiger partial charge on any atom is -0.454 e. The van der Waals surface area contributed by atoms with E-state index in [2.05, 4.69) is 11.3 Å². The van der Waals surface area contributed by atoms with E-state index in [9.17, 15) is 19.6 Å². The highest BCUT2D eigenvalue weighted by atomic mass is 16.6. The maximum atomic E-state index is 11.6. The van der Waals surface area contributed by atoms with Gasteiger partial charge in [0.05, 0.1) is 5.92 Å². The summed E-state index contributed by atoms with van der Waals surface area (Å²) >= 11 is 0. The van der Waals surface area contributed by atoms with Crippen LogP contribution in [0.2, 0.25) is 0 Å². The molecule has 2 rings (SSSR count). The van der Waals surface area contributed by atoms with Gasteiger partial charge in [0, 0.05) is 12.5 Å². The maximum absolute atomic E-state index is 11.6. The van der Waals surface area contributed by atoms with E-state index in [4.69, 9.17) is 9.47 Å². The third-order valence-electron chi connectivity index (χ3n) is 3.43. The molecule has 0 N–H and O–H groups in total. The Morgan fingerprint density at radius 3 is 2.95 bits per heavy atom. The van der Waals surface area contributed by atoms with Crippen LogP contribution >= 0.6 is 0 Å². The Morgan fingerprint density at radius 2 is 2.30 bits per heavy atom. The molecule has 20 heavy (non-hydrogen) atoms. The molecule has 0 amide bonds. The number of ether oxygens (including phenoxy) is 3. The van der Waals surface area contributed by atoms with Gasteiger partial charge in [0.2, 0.25) is 5.60 Å². The second-order valence-corrected chi connectivity index (χ2v) is 4.69. The van der Waals surface area contributed by atoms with Crippen LogP contribution in [0.25, 0.3) is 0 Å². The topological polar surface area (TPSA) is 103 Å². The zero-order chi connectivity index (χ0) is 14.8. The minimum absolute atomic E-state index is 0.229. The summed E-state index contributed by atoms with van der Waals surface area (Å²) in [6.45, 7) is 2.62. The van der Waals surface area contributed by atoms with Gasteiger partial charge in [-0.3, -0.25) is 4.79 Å². The zero-order valence-corrected chi connectivity index (χ0v) is 10.7. The van der Waals surface area contributed by atoms with E-state index in [1.165, 1.54) is 0 Å². The van der Waals surface area contributed by atoms with E-state index in [1.54, 1.807) is 0 Å². The quantitative estimate of drug-likeness (QED) is 0.412. The molecule has 1 saturated carbocycles. The predicted octanol–water partition coefficient (Wildman–Crippen LogP) is 0.247. The Morgan fingerprint density at radius 1 is 1.55 bits per heavy atom. The standard InChI is InChI=1S/C13H13NO6/c1-2-10(15)18-6-11(16)19-9-4-3-8-5-13(9,7-14)20-12(8)17/h2,8-9H,1,3-6H2. The smallest absolute Gasteiger partial charge is 0.344 e. The highest BCUT2D eigenvalue weighted by Gasteiger charge is 2.57. The van der Waals surface area contributed by atoms with Crippen LogP contribution in [-0.4, -0.2) is 36.2 Å². The first kappa shape index (κ1) is 14.1. The summed E-state index contributed by atoms with van der Waals surface area (Å²) in [4.78, 5) is 33.9. The molecular formula is C13H13NO6. The lowest BCUT2D eigenvalue weighted by atomic mass is 9.79. The molecule has 1 saturated heterocycles. The van der Waals surface area contributed by atoms with Gasteiger partial charge < -0.3 is 14.2 Å². The number of nitriles is 1. The monoisotopic (exact) mass is 279 g/mol. The largest absolute Gasteiger partial charge is 0.454 e. The first-order chi connectivity index (χ1) is 9.50. The molecule has 2 aliphatic rings.